The maximum Gasteiger partial charge on any atom is 0.135 e. The smallest absolute Gasteiger partial charge is 0.135 e. The van der Waals surface area contributed by atoms with Gasteiger partial charge in [-0.15, -0.1) is 0 Å². The zero-order valence-corrected chi connectivity index (χ0v) is 37.2. The highest BCUT2D eigenvalue weighted by atomic mass is 16.5. The number of fused-ring (bicyclic) bond motifs is 6. The van der Waals surface area contributed by atoms with Crippen LogP contribution in [0.15, 0.2) is 248 Å². The first-order valence-corrected chi connectivity index (χ1v) is 23.2. The number of hydrogen-bond donors (Lipinski definition) is 0. The minimum atomic E-state index is -0.383. The third kappa shape index (κ3) is 6.72. The summed E-state index contributed by atoms with van der Waals surface area (Å²) >= 11 is 0. The average Bonchev–Trinajstić information content (AvgIpc) is 3.70. The molecular formula is C64H49NO. The number of ether oxygens (including phenoxy) is 1. The third-order valence-corrected chi connectivity index (χ3v) is 14.3. The maximum absolute atomic E-state index is 6.61. The summed E-state index contributed by atoms with van der Waals surface area (Å²) < 4.78 is 6.61. The Morgan fingerprint density at radius 3 is 1.88 bits per heavy atom. The lowest BCUT2D eigenvalue weighted by molar-refractivity contribution is 0.155. The van der Waals surface area contributed by atoms with Gasteiger partial charge < -0.3 is 9.64 Å². The lowest BCUT2D eigenvalue weighted by atomic mass is 9.77. The van der Waals surface area contributed by atoms with Gasteiger partial charge in [0.2, 0.25) is 0 Å². The van der Waals surface area contributed by atoms with Crippen molar-refractivity contribution in [2.45, 2.75) is 31.3 Å². The normalized spacial score (nSPS) is 19.3. The van der Waals surface area contributed by atoms with E-state index in [9.17, 15) is 0 Å². The molecule has 3 aliphatic rings. The van der Waals surface area contributed by atoms with Crippen LogP contribution < -0.4 is 9.64 Å². The van der Waals surface area contributed by atoms with Crippen molar-refractivity contribution in [3.8, 4) is 50.3 Å². The third-order valence-electron chi connectivity index (χ3n) is 14.3. The van der Waals surface area contributed by atoms with Gasteiger partial charge in [0.15, 0.2) is 0 Å². The Morgan fingerprint density at radius 1 is 0.455 bits per heavy atom. The largest absolute Gasteiger partial charge is 0.482 e. The summed E-state index contributed by atoms with van der Waals surface area (Å²) in [6.07, 6.45) is 15.7. The lowest BCUT2D eigenvalue weighted by Crippen LogP contribution is -2.32. The van der Waals surface area contributed by atoms with Crippen molar-refractivity contribution in [3.05, 3.63) is 260 Å². The van der Waals surface area contributed by atoms with Crippen LogP contribution >= 0.6 is 0 Å². The molecule has 2 nitrogen and oxygen atoms in total. The van der Waals surface area contributed by atoms with Gasteiger partial charge in [0.1, 0.15) is 11.4 Å². The Balaban J connectivity index is 0.949. The molecule has 1 aliphatic heterocycles. The SMILES string of the molecule is CC1C(N(c2ccc(-c3cccc4c3C3C=CC=CC3(C)O4)cc2)c2ccc(-c3cccc4c3ccc3ccccc34)cc2)=CC=CC1c1ccccc1-c1ccccc1-c1ccccc1. The van der Waals surface area contributed by atoms with Gasteiger partial charge in [-0.1, -0.05) is 207 Å². The fourth-order valence-electron chi connectivity index (χ4n) is 11.0. The van der Waals surface area contributed by atoms with Crippen molar-refractivity contribution in [2.24, 2.45) is 5.92 Å². The molecule has 9 aromatic rings. The van der Waals surface area contributed by atoms with E-state index in [2.05, 4.69) is 261 Å². The van der Waals surface area contributed by atoms with Crippen LogP contribution in [0.1, 0.15) is 36.8 Å². The fourth-order valence-corrected chi connectivity index (χ4v) is 11.0. The zero-order chi connectivity index (χ0) is 44.2. The van der Waals surface area contributed by atoms with Crippen molar-refractivity contribution in [2.75, 3.05) is 4.90 Å². The second-order valence-electron chi connectivity index (χ2n) is 18.1. The van der Waals surface area contributed by atoms with E-state index in [1.165, 1.54) is 82.9 Å². The van der Waals surface area contributed by atoms with Crippen LogP contribution in [0.4, 0.5) is 11.4 Å². The van der Waals surface area contributed by atoms with Crippen LogP contribution in [-0.4, -0.2) is 5.60 Å². The molecule has 0 bridgehead atoms. The van der Waals surface area contributed by atoms with E-state index in [0.717, 1.165) is 17.1 Å². The zero-order valence-electron chi connectivity index (χ0n) is 37.2. The van der Waals surface area contributed by atoms with Crippen molar-refractivity contribution in [1.82, 2.24) is 0 Å². The van der Waals surface area contributed by atoms with Gasteiger partial charge in [-0.05, 0) is 121 Å². The monoisotopic (exact) mass is 847 g/mol. The average molecular weight is 848 g/mol. The van der Waals surface area contributed by atoms with Crippen LogP contribution in [0.5, 0.6) is 5.75 Å². The van der Waals surface area contributed by atoms with Gasteiger partial charge >= 0.3 is 0 Å². The summed E-state index contributed by atoms with van der Waals surface area (Å²) in [5.41, 5.74) is 15.5. The van der Waals surface area contributed by atoms with E-state index >= 15 is 0 Å². The first-order chi connectivity index (χ1) is 32.5. The van der Waals surface area contributed by atoms with E-state index in [-0.39, 0.29) is 23.4 Å². The summed E-state index contributed by atoms with van der Waals surface area (Å²) in [4.78, 5) is 2.48. The molecule has 2 heteroatoms. The minimum absolute atomic E-state index is 0.135. The number of anilines is 2. The standard InChI is InChI=1S/C64H49NO/c1-43-50(55-22-10-11-24-58(55)56-23-9-8-21-51(56)44-17-4-3-5-18-44)25-15-30-61(43)65(48-37-32-46(33-38-48)53-26-14-28-57-52-20-7-6-19-45(52)36-41-59(53)57)49-39-34-47(35-40-49)54-27-16-31-62-63(54)60-29-12-13-42-64(60,2)66-62/h3-43,50,60H,1-2H3. The molecule has 0 radical (unpaired) electrons. The molecule has 0 fully saturated rings. The number of rotatable bonds is 8. The molecule has 9 aromatic carbocycles. The highest BCUT2D eigenvalue weighted by Crippen LogP contribution is 2.52. The van der Waals surface area contributed by atoms with E-state index in [1.54, 1.807) is 0 Å². The quantitative estimate of drug-likeness (QED) is 0.141. The van der Waals surface area contributed by atoms with Crippen molar-refractivity contribution in [3.63, 3.8) is 0 Å². The van der Waals surface area contributed by atoms with E-state index in [0.29, 0.717) is 0 Å². The molecule has 1 heterocycles. The summed E-state index contributed by atoms with van der Waals surface area (Å²) in [6.45, 7) is 4.59. The number of nitrogens with zero attached hydrogens (tertiary/aromatic N) is 1. The van der Waals surface area contributed by atoms with Gasteiger partial charge in [0.25, 0.3) is 0 Å². The lowest BCUT2D eigenvalue weighted by Gasteiger charge is -2.37. The Hall–Kier alpha value is -7.94. The Kier molecular flexibility index (Phi) is 9.76. The Morgan fingerprint density at radius 2 is 1.08 bits per heavy atom. The molecule has 316 valence electrons. The first-order valence-electron chi connectivity index (χ1n) is 23.2. The van der Waals surface area contributed by atoms with Crippen molar-refractivity contribution in [1.29, 1.82) is 0 Å². The Labute approximate surface area is 387 Å². The number of hydrogen-bond acceptors (Lipinski definition) is 2. The van der Waals surface area contributed by atoms with Crippen LogP contribution in [0.2, 0.25) is 0 Å². The molecule has 0 amide bonds. The van der Waals surface area contributed by atoms with Gasteiger partial charge in [0, 0.05) is 40.4 Å². The van der Waals surface area contributed by atoms with Crippen LogP contribution in [0, 0.1) is 5.92 Å². The van der Waals surface area contributed by atoms with Crippen LogP contribution in [0.3, 0.4) is 0 Å². The molecule has 12 rings (SSSR count). The molecule has 66 heavy (non-hydrogen) atoms. The molecule has 0 aromatic heterocycles. The molecule has 4 unspecified atom stereocenters. The van der Waals surface area contributed by atoms with Crippen LogP contribution in [-0.2, 0) is 0 Å². The molecule has 4 atom stereocenters. The molecule has 0 spiro atoms. The molecule has 0 N–H and O–H groups in total. The van der Waals surface area contributed by atoms with Gasteiger partial charge in [-0.2, -0.15) is 0 Å². The summed E-state index contributed by atoms with van der Waals surface area (Å²) in [6, 6.07) is 73.4. The topological polar surface area (TPSA) is 12.5 Å². The molecule has 0 saturated carbocycles. The number of benzene rings is 9. The van der Waals surface area contributed by atoms with E-state index < -0.39 is 0 Å². The number of allylic oxidation sites excluding steroid dienone is 6. The minimum Gasteiger partial charge on any atom is -0.482 e. The second-order valence-corrected chi connectivity index (χ2v) is 18.1. The van der Waals surface area contributed by atoms with Crippen molar-refractivity contribution < 1.29 is 4.74 Å². The maximum atomic E-state index is 6.61. The van der Waals surface area contributed by atoms with Gasteiger partial charge in [0.05, 0.1) is 0 Å². The second kappa shape index (κ2) is 16.2. The predicted octanol–water partition coefficient (Wildman–Crippen LogP) is 17.0. The first kappa shape index (κ1) is 39.6. The Bertz CT molecular complexity index is 3430. The summed E-state index contributed by atoms with van der Waals surface area (Å²) in [5, 5.41) is 5.08. The van der Waals surface area contributed by atoms with Gasteiger partial charge in [-0.25, -0.2) is 0 Å². The highest BCUT2D eigenvalue weighted by molar-refractivity contribution is 6.12. The molecular weight excluding hydrogens is 799 g/mol. The van der Waals surface area contributed by atoms with Gasteiger partial charge in [-0.3, -0.25) is 0 Å². The molecule has 2 aliphatic carbocycles. The fraction of sp³-hybridized carbons (Fsp3) is 0.0938. The summed E-state index contributed by atoms with van der Waals surface area (Å²) in [5.74, 6) is 1.40. The van der Waals surface area contributed by atoms with E-state index in [4.69, 9.17) is 4.74 Å². The van der Waals surface area contributed by atoms with Crippen molar-refractivity contribution >= 4 is 32.9 Å². The highest BCUT2D eigenvalue weighted by Gasteiger charge is 2.44. The summed E-state index contributed by atoms with van der Waals surface area (Å²) in [7, 11) is 0. The molecule has 0 saturated heterocycles. The van der Waals surface area contributed by atoms with E-state index in [1.807, 2.05) is 0 Å². The van der Waals surface area contributed by atoms with Crippen LogP contribution in [0.25, 0.3) is 66.1 Å². The predicted molar refractivity (Wildman–Crippen MR) is 277 cm³/mol.